The van der Waals surface area contributed by atoms with Crippen molar-refractivity contribution in [2.75, 3.05) is 0 Å². The quantitative estimate of drug-likeness (QED) is 0.629. The zero-order valence-electron chi connectivity index (χ0n) is 6.85. The molecule has 0 aliphatic carbocycles. The van der Waals surface area contributed by atoms with Gasteiger partial charge in [-0.3, -0.25) is 0 Å². The summed E-state index contributed by atoms with van der Waals surface area (Å²) in [6.07, 6.45) is 0. The molecule has 12 heavy (non-hydrogen) atoms. The molecule has 1 aromatic carbocycles. The third-order valence-corrected chi connectivity index (χ3v) is 2.12. The third-order valence-electron chi connectivity index (χ3n) is 1.68. The molecule has 0 nitrogen and oxygen atoms in total. The first-order chi connectivity index (χ1) is 5.63. The van der Waals surface area contributed by atoms with Crippen LogP contribution in [0, 0.1) is 0 Å². The third kappa shape index (κ3) is 2.02. The zero-order valence-corrected chi connectivity index (χ0v) is 8.36. The number of halogens is 2. The second kappa shape index (κ2) is 3.97. The molecule has 0 amide bonds. The van der Waals surface area contributed by atoms with Gasteiger partial charge >= 0.3 is 0 Å². The topological polar surface area (TPSA) is 0 Å². The summed E-state index contributed by atoms with van der Waals surface area (Å²) >= 11 is 11.8. The molecule has 0 saturated heterocycles. The second-order valence-corrected chi connectivity index (χ2v) is 3.72. The maximum Gasteiger partial charge on any atom is 0.0563 e. The number of benzene rings is 1. The molecule has 0 saturated carbocycles. The molecule has 1 atom stereocenters. The van der Waals surface area contributed by atoms with E-state index in [2.05, 4.69) is 6.58 Å². The lowest BCUT2D eigenvalue weighted by Gasteiger charge is -2.08. The predicted octanol–water partition coefficient (Wildman–Crippen LogP) is 4.20. The van der Waals surface area contributed by atoms with Gasteiger partial charge in [-0.15, -0.1) is 11.6 Å². The van der Waals surface area contributed by atoms with Crippen LogP contribution in [0.3, 0.4) is 0 Å². The standard InChI is InChI=1S/C10H10Cl2/c1-7(11)9-5-3-4-6-10(9)8(2)12/h3-6,8H,1H2,2H3. The van der Waals surface area contributed by atoms with E-state index in [1.807, 2.05) is 31.2 Å². The minimum atomic E-state index is -0.0308. The largest absolute Gasteiger partial charge is 0.118 e. The van der Waals surface area contributed by atoms with Crippen LogP contribution in [0.25, 0.3) is 5.03 Å². The van der Waals surface area contributed by atoms with Crippen LogP contribution in [0.2, 0.25) is 0 Å². The second-order valence-electron chi connectivity index (χ2n) is 2.61. The average molecular weight is 201 g/mol. The summed E-state index contributed by atoms with van der Waals surface area (Å²) in [5, 5.41) is 0.509. The minimum Gasteiger partial charge on any atom is -0.118 e. The van der Waals surface area contributed by atoms with Crippen LogP contribution in [0.15, 0.2) is 30.8 Å². The molecule has 0 N–H and O–H groups in total. The number of alkyl halides is 1. The van der Waals surface area contributed by atoms with Gasteiger partial charge in [0.15, 0.2) is 0 Å². The molecule has 1 rings (SSSR count). The summed E-state index contributed by atoms with van der Waals surface area (Å²) < 4.78 is 0. The van der Waals surface area contributed by atoms with Gasteiger partial charge in [0.2, 0.25) is 0 Å². The minimum absolute atomic E-state index is 0.0308. The Morgan fingerprint density at radius 3 is 2.42 bits per heavy atom. The highest BCUT2D eigenvalue weighted by molar-refractivity contribution is 6.48. The van der Waals surface area contributed by atoms with E-state index >= 15 is 0 Å². The molecule has 0 fully saturated rings. The van der Waals surface area contributed by atoms with Gasteiger partial charge in [-0.1, -0.05) is 42.4 Å². The van der Waals surface area contributed by atoms with Gasteiger partial charge < -0.3 is 0 Å². The van der Waals surface area contributed by atoms with Crippen LogP contribution in [-0.4, -0.2) is 0 Å². The van der Waals surface area contributed by atoms with Gasteiger partial charge in [0.05, 0.1) is 5.38 Å². The molecule has 0 spiro atoms. The van der Waals surface area contributed by atoms with Gasteiger partial charge in [0.25, 0.3) is 0 Å². The van der Waals surface area contributed by atoms with Crippen LogP contribution in [0.1, 0.15) is 23.4 Å². The molecular weight excluding hydrogens is 191 g/mol. The smallest absolute Gasteiger partial charge is 0.0563 e. The number of hydrogen-bond acceptors (Lipinski definition) is 0. The summed E-state index contributed by atoms with van der Waals surface area (Å²) in [6.45, 7) is 5.59. The van der Waals surface area contributed by atoms with Crippen molar-refractivity contribution in [2.24, 2.45) is 0 Å². The lowest BCUT2D eigenvalue weighted by molar-refractivity contribution is 1.08. The highest BCUT2D eigenvalue weighted by Gasteiger charge is 2.07. The van der Waals surface area contributed by atoms with Crippen molar-refractivity contribution in [3.05, 3.63) is 42.0 Å². The summed E-state index contributed by atoms with van der Waals surface area (Å²) in [7, 11) is 0. The Balaban J connectivity index is 3.17. The number of hydrogen-bond donors (Lipinski definition) is 0. The molecule has 64 valence electrons. The Morgan fingerprint density at radius 2 is 2.00 bits per heavy atom. The summed E-state index contributed by atoms with van der Waals surface area (Å²) in [5.74, 6) is 0. The molecule has 0 heterocycles. The van der Waals surface area contributed by atoms with Crippen LogP contribution in [-0.2, 0) is 0 Å². The Morgan fingerprint density at radius 1 is 1.42 bits per heavy atom. The normalized spacial score (nSPS) is 12.6. The van der Waals surface area contributed by atoms with E-state index in [1.54, 1.807) is 0 Å². The van der Waals surface area contributed by atoms with Gasteiger partial charge in [-0.25, -0.2) is 0 Å². The first-order valence-corrected chi connectivity index (χ1v) is 4.52. The fraction of sp³-hybridized carbons (Fsp3) is 0.200. The van der Waals surface area contributed by atoms with Crippen LogP contribution in [0.5, 0.6) is 0 Å². The highest BCUT2D eigenvalue weighted by atomic mass is 35.5. The molecular formula is C10H10Cl2. The van der Waals surface area contributed by atoms with Gasteiger partial charge in [0.1, 0.15) is 0 Å². The Hall–Kier alpha value is -0.460. The van der Waals surface area contributed by atoms with Crippen molar-refractivity contribution >= 4 is 28.2 Å². The Kier molecular flexibility index (Phi) is 3.19. The van der Waals surface area contributed by atoms with E-state index in [1.165, 1.54) is 0 Å². The van der Waals surface area contributed by atoms with Crippen LogP contribution >= 0.6 is 23.2 Å². The van der Waals surface area contributed by atoms with E-state index in [4.69, 9.17) is 23.2 Å². The Labute approximate surface area is 82.8 Å². The highest BCUT2D eigenvalue weighted by Crippen LogP contribution is 2.28. The fourth-order valence-electron chi connectivity index (χ4n) is 1.09. The van der Waals surface area contributed by atoms with Gasteiger partial charge in [-0.05, 0) is 18.1 Å². The lowest BCUT2D eigenvalue weighted by atomic mass is 10.1. The zero-order chi connectivity index (χ0) is 9.14. The first kappa shape index (κ1) is 9.63. The molecule has 0 aromatic heterocycles. The molecule has 1 aromatic rings. The average Bonchev–Trinajstić information content (AvgIpc) is 2.04. The molecule has 0 radical (unpaired) electrons. The Bertz CT molecular complexity index is 290. The van der Waals surface area contributed by atoms with Crippen LogP contribution < -0.4 is 0 Å². The molecule has 0 aliphatic rings. The maximum absolute atomic E-state index is 5.95. The van der Waals surface area contributed by atoms with E-state index in [0.29, 0.717) is 5.03 Å². The van der Waals surface area contributed by atoms with Crippen LogP contribution in [0.4, 0.5) is 0 Å². The van der Waals surface area contributed by atoms with E-state index in [0.717, 1.165) is 11.1 Å². The SMILES string of the molecule is C=C(Cl)c1ccccc1C(C)Cl. The maximum atomic E-state index is 5.95. The van der Waals surface area contributed by atoms with Crippen molar-refractivity contribution in [1.29, 1.82) is 0 Å². The van der Waals surface area contributed by atoms with Crippen molar-refractivity contribution in [1.82, 2.24) is 0 Å². The summed E-state index contributed by atoms with van der Waals surface area (Å²) in [6, 6.07) is 7.74. The molecule has 0 aliphatic heterocycles. The van der Waals surface area contributed by atoms with Crippen molar-refractivity contribution < 1.29 is 0 Å². The van der Waals surface area contributed by atoms with Gasteiger partial charge in [-0.2, -0.15) is 0 Å². The summed E-state index contributed by atoms with van der Waals surface area (Å²) in [5.41, 5.74) is 1.96. The predicted molar refractivity (Wildman–Crippen MR) is 55.6 cm³/mol. The monoisotopic (exact) mass is 200 g/mol. The first-order valence-electron chi connectivity index (χ1n) is 3.70. The van der Waals surface area contributed by atoms with Gasteiger partial charge in [0, 0.05) is 5.03 Å². The van der Waals surface area contributed by atoms with E-state index < -0.39 is 0 Å². The number of rotatable bonds is 2. The molecule has 0 bridgehead atoms. The van der Waals surface area contributed by atoms with Crippen molar-refractivity contribution in [3.8, 4) is 0 Å². The van der Waals surface area contributed by atoms with E-state index in [-0.39, 0.29) is 5.38 Å². The summed E-state index contributed by atoms with van der Waals surface area (Å²) in [4.78, 5) is 0. The fourth-order valence-corrected chi connectivity index (χ4v) is 1.45. The van der Waals surface area contributed by atoms with Crippen molar-refractivity contribution in [3.63, 3.8) is 0 Å². The molecule has 1 unspecified atom stereocenters. The lowest BCUT2D eigenvalue weighted by Crippen LogP contribution is -1.89. The van der Waals surface area contributed by atoms with Crippen molar-refractivity contribution in [2.45, 2.75) is 12.3 Å². The molecule has 2 heteroatoms. The van der Waals surface area contributed by atoms with E-state index in [9.17, 15) is 0 Å².